The Morgan fingerprint density at radius 3 is 1.71 bits per heavy atom. The molecule has 0 aromatic heterocycles. The minimum Gasteiger partial charge on any atom is -0.394 e. The molecule has 0 aromatic rings. The minimum atomic E-state index is -1.62. The standard InChI is InChI=1S/C49H91NO9/c1-4-6-8-10-12-13-14-15-16-17-18-19-20-21-22-23-24-26-28-32-37-43(53)48(57)50-41(39-58-49-47(56)46(55)45(54)44(38-51)59-49)42(52)36-33-29-31-35-40(3)34-30-27-25-11-9-7-5-2/h13-14,33,35-36,41-47,49,51-56H,4-12,15-32,34,37-39H2,1-3H3,(H,50,57)/b14-13-,36-33+,40-35+/t41-,42+,43+,44+,45+,46-,47+,49+/m0/s1. The molecule has 1 saturated heterocycles. The Bertz CT molecular complexity index is 1070. The lowest BCUT2D eigenvalue weighted by molar-refractivity contribution is -0.302. The molecule has 10 nitrogen and oxygen atoms in total. The summed E-state index contributed by atoms with van der Waals surface area (Å²) in [6.45, 7) is 5.72. The van der Waals surface area contributed by atoms with Gasteiger partial charge in [0.15, 0.2) is 6.29 Å². The summed E-state index contributed by atoms with van der Waals surface area (Å²) in [6.07, 6.45) is 34.5. The van der Waals surface area contributed by atoms with E-state index in [4.69, 9.17) is 9.47 Å². The number of nitrogens with one attached hydrogen (secondary N) is 1. The van der Waals surface area contributed by atoms with Gasteiger partial charge < -0.3 is 45.4 Å². The van der Waals surface area contributed by atoms with E-state index in [2.05, 4.69) is 44.3 Å². The molecule has 0 bridgehead atoms. The quantitative estimate of drug-likeness (QED) is 0.0236. The van der Waals surface area contributed by atoms with Crippen molar-refractivity contribution >= 4 is 5.91 Å². The Hall–Kier alpha value is -1.63. The fourth-order valence-corrected chi connectivity index (χ4v) is 7.59. The molecule has 346 valence electrons. The van der Waals surface area contributed by atoms with Crippen molar-refractivity contribution in [3.05, 3.63) is 36.0 Å². The van der Waals surface area contributed by atoms with Gasteiger partial charge in [-0.15, -0.1) is 0 Å². The summed E-state index contributed by atoms with van der Waals surface area (Å²) in [4.78, 5) is 13.1. The highest BCUT2D eigenvalue weighted by Gasteiger charge is 2.44. The monoisotopic (exact) mass is 838 g/mol. The van der Waals surface area contributed by atoms with Crippen molar-refractivity contribution in [2.75, 3.05) is 13.2 Å². The number of amides is 1. The lowest BCUT2D eigenvalue weighted by Crippen LogP contribution is -2.60. The van der Waals surface area contributed by atoms with Gasteiger partial charge in [0, 0.05) is 0 Å². The van der Waals surface area contributed by atoms with Crippen molar-refractivity contribution in [1.82, 2.24) is 5.32 Å². The maximum atomic E-state index is 13.1. The van der Waals surface area contributed by atoms with Gasteiger partial charge in [0.25, 0.3) is 0 Å². The van der Waals surface area contributed by atoms with Crippen LogP contribution in [0.1, 0.15) is 207 Å². The summed E-state index contributed by atoms with van der Waals surface area (Å²) in [5.41, 5.74) is 1.36. The van der Waals surface area contributed by atoms with E-state index in [9.17, 15) is 35.4 Å². The number of carbonyl (C=O) groups is 1. The Morgan fingerprint density at radius 1 is 0.644 bits per heavy atom. The van der Waals surface area contributed by atoms with Crippen LogP contribution in [0.2, 0.25) is 0 Å². The van der Waals surface area contributed by atoms with Crippen molar-refractivity contribution in [1.29, 1.82) is 0 Å². The van der Waals surface area contributed by atoms with E-state index in [1.54, 1.807) is 6.08 Å². The van der Waals surface area contributed by atoms with Crippen LogP contribution in [-0.4, -0.2) is 98.7 Å². The predicted molar refractivity (Wildman–Crippen MR) is 241 cm³/mol. The van der Waals surface area contributed by atoms with Crippen LogP contribution in [0.25, 0.3) is 0 Å². The number of aliphatic hydroxyl groups is 6. The Labute approximate surface area is 360 Å². The van der Waals surface area contributed by atoms with Gasteiger partial charge in [0.2, 0.25) is 5.91 Å². The molecule has 1 fully saturated rings. The molecule has 10 heteroatoms. The van der Waals surface area contributed by atoms with Gasteiger partial charge in [0.05, 0.1) is 25.4 Å². The smallest absolute Gasteiger partial charge is 0.249 e. The lowest BCUT2D eigenvalue weighted by atomic mass is 9.99. The van der Waals surface area contributed by atoms with E-state index in [1.807, 2.05) is 6.08 Å². The van der Waals surface area contributed by atoms with E-state index in [0.717, 1.165) is 32.1 Å². The van der Waals surface area contributed by atoms with Gasteiger partial charge in [0.1, 0.15) is 30.5 Å². The third-order valence-electron chi connectivity index (χ3n) is 11.7. The Balaban J connectivity index is 2.42. The molecule has 0 radical (unpaired) electrons. The maximum Gasteiger partial charge on any atom is 0.249 e. The number of aliphatic hydroxyl groups excluding tert-OH is 6. The third-order valence-corrected chi connectivity index (χ3v) is 11.7. The van der Waals surface area contributed by atoms with E-state index in [-0.39, 0.29) is 6.61 Å². The van der Waals surface area contributed by atoms with Crippen molar-refractivity contribution in [2.24, 2.45) is 0 Å². The van der Waals surface area contributed by atoms with E-state index >= 15 is 0 Å². The number of ether oxygens (including phenoxy) is 2. The van der Waals surface area contributed by atoms with E-state index in [0.29, 0.717) is 19.3 Å². The van der Waals surface area contributed by atoms with Crippen LogP contribution in [0.4, 0.5) is 0 Å². The summed E-state index contributed by atoms with van der Waals surface area (Å²) in [6, 6.07) is -0.998. The van der Waals surface area contributed by atoms with Crippen LogP contribution in [0, 0.1) is 0 Å². The molecule has 1 rings (SSSR count). The number of allylic oxidation sites excluding steroid dienone is 5. The van der Waals surface area contributed by atoms with Crippen molar-refractivity contribution in [3.8, 4) is 0 Å². The predicted octanol–water partition coefficient (Wildman–Crippen LogP) is 9.42. The Kier molecular flexibility index (Phi) is 35.7. The number of hydrogen-bond donors (Lipinski definition) is 7. The zero-order valence-corrected chi connectivity index (χ0v) is 37.8. The summed E-state index contributed by atoms with van der Waals surface area (Å²) < 4.78 is 11.1. The number of unbranched alkanes of at least 4 members (excludes halogenated alkanes) is 23. The van der Waals surface area contributed by atoms with Crippen molar-refractivity contribution in [3.63, 3.8) is 0 Å². The molecule has 1 aliphatic heterocycles. The zero-order valence-electron chi connectivity index (χ0n) is 37.8. The van der Waals surface area contributed by atoms with Crippen LogP contribution in [0.3, 0.4) is 0 Å². The average Bonchev–Trinajstić information content (AvgIpc) is 3.23. The van der Waals surface area contributed by atoms with E-state index < -0.39 is 61.5 Å². The average molecular weight is 838 g/mol. The number of carbonyl (C=O) groups excluding carboxylic acids is 1. The molecule has 59 heavy (non-hydrogen) atoms. The van der Waals surface area contributed by atoms with Crippen LogP contribution in [-0.2, 0) is 14.3 Å². The SMILES string of the molecule is CCCCCC/C=C\CCCCCCCCCCCCCC[C@@H](O)C(=O)N[C@@H](CO[C@@H]1O[C@H](CO)[C@@H](O)[C@H](O)[C@H]1O)[C@H](O)/C=C/CC/C=C(\C)CCCCCCCCC. The molecule has 8 atom stereocenters. The number of rotatable bonds is 39. The van der Waals surface area contributed by atoms with Crippen molar-refractivity contribution < 1.29 is 44.9 Å². The lowest BCUT2D eigenvalue weighted by Gasteiger charge is -2.40. The zero-order chi connectivity index (χ0) is 43.4. The van der Waals surface area contributed by atoms with Gasteiger partial charge in [-0.05, 0) is 64.7 Å². The normalized spacial score (nSPS) is 21.7. The van der Waals surface area contributed by atoms with Crippen LogP contribution in [0.5, 0.6) is 0 Å². The summed E-state index contributed by atoms with van der Waals surface area (Å²) >= 11 is 0. The molecule has 0 saturated carbocycles. The van der Waals surface area contributed by atoms with E-state index in [1.165, 1.54) is 140 Å². The molecule has 1 aliphatic rings. The molecular formula is C49H91NO9. The van der Waals surface area contributed by atoms with Crippen LogP contribution >= 0.6 is 0 Å². The second kappa shape index (κ2) is 38.1. The van der Waals surface area contributed by atoms with Gasteiger partial charge in [-0.1, -0.05) is 178 Å². The van der Waals surface area contributed by atoms with Gasteiger partial charge in [-0.3, -0.25) is 4.79 Å². The first-order chi connectivity index (χ1) is 28.7. The molecule has 1 heterocycles. The first-order valence-corrected chi connectivity index (χ1v) is 24.2. The highest BCUT2D eigenvalue weighted by Crippen LogP contribution is 2.23. The minimum absolute atomic E-state index is 0.303. The second-order valence-electron chi connectivity index (χ2n) is 17.2. The van der Waals surface area contributed by atoms with Gasteiger partial charge in [-0.2, -0.15) is 0 Å². The second-order valence-corrected chi connectivity index (χ2v) is 17.2. The largest absolute Gasteiger partial charge is 0.394 e. The van der Waals surface area contributed by atoms with Gasteiger partial charge in [-0.25, -0.2) is 0 Å². The molecule has 0 spiro atoms. The first kappa shape index (κ1) is 55.4. The highest BCUT2D eigenvalue weighted by atomic mass is 16.7. The summed E-state index contributed by atoms with van der Waals surface area (Å²) in [5, 5.41) is 64.8. The fourth-order valence-electron chi connectivity index (χ4n) is 7.59. The topological polar surface area (TPSA) is 169 Å². The summed E-state index contributed by atoms with van der Waals surface area (Å²) in [5.74, 6) is -0.627. The summed E-state index contributed by atoms with van der Waals surface area (Å²) in [7, 11) is 0. The highest BCUT2D eigenvalue weighted by molar-refractivity contribution is 5.80. The molecule has 0 aromatic carbocycles. The Morgan fingerprint density at radius 2 is 1.15 bits per heavy atom. The van der Waals surface area contributed by atoms with Crippen molar-refractivity contribution in [2.45, 2.75) is 256 Å². The van der Waals surface area contributed by atoms with Crippen LogP contribution < -0.4 is 5.32 Å². The third kappa shape index (κ3) is 28.6. The molecular weight excluding hydrogens is 747 g/mol. The van der Waals surface area contributed by atoms with Gasteiger partial charge >= 0.3 is 0 Å². The molecule has 0 unspecified atom stereocenters. The van der Waals surface area contributed by atoms with Crippen LogP contribution in [0.15, 0.2) is 36.0 Å². The first-order valence-electron chi connectivity index (χ1n) is 24.2. The molecule has 7 N–H and O–H groups in total. The molecule has 0 aliphatic carbocycles. The molecule has 1 amide bonds. The fraction of sp³-hybridized carbons (Fsp3) is 0.857. The number of hydrogen-bond acceptors (Lipinski definition) is 9. The maximum absolute atomic E-state index is 13.1.